The van der Waals surface area contributed by atoms with Gasteiger partial charge in [0.05, 0.1) is 12.2 Å². The van der Waals surface area contributed by atoms with Crippen LogP contribution in [0.25, 0.3) is 0 Å². The van der Waals surface area contributed by atoms with Crippen LogP contribution in [0.3, 0.4) is 0 Å². The molecule has 0 amide bonds. The van der Waals surface area contributed by atoms with Crippen LogP contribution in [0.2, 0.25) is 10.0 Å². The van der Waals surface area contributed by atoms with Gasteiger partial charge in [0.1, 0.15) is 17.2 Å². The smallest absolute Gasteiger partial charge is 0.416 e. The monoisotopic (exact) mass is 528 g/mol. The molecule has 0 heterocycles. The summed E-state index contributed by atoms with van der Waals surface area (Å²) < 4.78 is 54.6. The Kier molecular flexibility index (Phi) is 9.26. The second kappa shape index (κ2) is 12.2. The summed E-state index contributed by atoms with van der Waals surface area (Å²) in [6, 6.07) is 15.5. The number of aliphatic carboxylic acids is 1. The zero-order valence-corrected chi connectivity index (χ0v) is 19.7. The molecule has 3 aromatic carbocycles. The molecule has 186 valence electrons. The number of hydrogen-bond acceptors (Lipinski definition) is 4. The predicted molar refractivity (Wildman–Crippen MR) is 125 cm³/mol. The van der Waals surface area contributed by atoms with Crippen LogP contribution in [-0.2, 0) is 22.3 Å². The number of halogens is 5. The molecular formula is C25H21Cl2F3O5. The molecule has 0 aliphatic carbocycles. The van der Waals surface area contributed by atoms with E-state index < -0.39 is 23.8 Å². The van der Waals surface area contributed by atoms with Crippen molar-refractivity contribution in [3.05, 3.63) is 87.9 Å². The van der Waals surface area contributed by atoms with Gasteiger partial charge in [0.25, 0.3) is 0 Å². The molecule has 0 spiro atoms. The molecule has 0 saturated carbocycles. The Morgan fingerprint density at radius 2 is 1.43 bits per heavy atom. The zero-order chi connectivity index (χ0) is 25.4. The van der Waals surface area contributed by atoms with E-state index in [9.17, 15) is 23.1 Å². The van der Waals surface area contributed by atoms with Gasteiger partial charge in [-0.15, -0.1) is 0 Å². The number of rotatable bonds is 11. The first-order valence-corrected chi connectivity index (χ1v) is 11.2. The molecular weight excluding hydrogens is 508 g/mol. The van der Waals surface area contributed by atoms with Crippen LogP contribution in [0.1, 0.15) is 24.0 Å². The fraction of sp³-hybridized carbons (Fsp3) is 0.240. The maximum atomic E-state index is 12.7. The summed E-state index contributed by atoms with van der Waals surface area (Å²) in [5, 5.41) is 10.5. The summed E-state index contributed by atoms with van der Waals surface area (Å²) >= 11 is 12.2. The van der Waals surface area contributed by atoms with Gasteiger partial charge in [-0.1, -0.05) is 29.3 Å². The number of benzene rings is 3. The van der Waals surface area contributed by atoms with E-state index in [1.807, 2.05) is 0 Å². The third-order valence-corrected chi connectivity index (χ3v) is 5.57. The lowest BCUT2D eigenvalue weighted by Crippen LogP contribution is -2.27. The van der Waals surface area contributed by atoms with Crippen LogP contribution in [0, 0.1) is 0 Å². The van der Waals surface area contributed by atoms with E-state index in [-0.39, 0.29) is 25.4 Å². The van der Waals surface area contributed by atoms with Crippen molar-refractivity contribution in [1.29, 1.82) is 0 Å². The van der Waals surface area contributed by atoms with Gasteiger partial charge in [-0.3, -0.25) is 0 Å². The van der Waals surface area contributed by atoms with Crippen molar-refractivity contribution in [3.63, 3.8) is 0 Å². The molecule has 0 aromatic heterocycles. The summed E-state index contributed by atoms with van der Waals surface area (Å²) in [5.41, 5.74) is -0.105. The van der Waals surface area contributed by atoms with Crippen molar-refractivity contribution < 1.29 is 37.3 Å². The Balaban J connectivity index is 1.47. The molecule has 1 atom stereocenters. The Bertz CT molecular complexity index is 1100. The van der Waals surface area contributed by atoms with Gasteiger partial charge in [-0.05, 0) is 73.5 Å². The minimum atomic E-state index is -4.42. The van der Waals surface area contributed by atoms with E-state index in [1.165, 1.54) is 36.4 Å². The highest BCUT2D eigenvalue weighted by Crippen LogP contribution is 2.32. The van der Waals surface area contributed by atoms with Crippen LogP contribution >= 0.6 is 23.2 Å². The standard InChI is InChI=1S/C25H21Cl2F3O5/c26-21-3-1-4-22(27)20(21)15-33-14-2-5-23(24(31)32)35-19-12-10-18(11-13-19)34-17-8-6-16(7-9-17)25(28,29)30/h1,3-4,6-13,23H,2,5,14-15H2,(H,31,32). The van der Waals surface area contributed by atoms with Crippen LogP contribution < -0.4 is 9.47 Å². The Morgan fingerprint density at radius 1 is 0.886 bits per heavy atom. The van der Waals surface area contributed by atoms with E-state index in [2.05, 4.69) is 0 Å². The van der Waals surface area contributed by atoms with E-state index in [4.69, 9.17) is 37.4 Å². The van der Waals surface area contributed by atoms with Crippen LogP contribution in [-0.4, -0.2) is 23.8 Å². The highest BCUT2D eigenvalue weighted by Gasteiger charge is 2.30. The summed E-state index contributed by atoms with van der Waals surface area (Å²) in [7, 11) is 0. The van der Waals surface area contributed by atoms with E-state index >= 15 is 0 Å². The number of ether oxygens (including phenoxy) is 3. The topological polar surface area (TPSA) is 65.0 Å². The van der Waals surface area contributed by atoms with Crippen molar-refractivity contribution in [2.75, 3.05) is 6.61 Å². The molecule has 35 heavy (non-hydrogen) atoms. The van der Waals surface area contributed by atoms with Crippen LogP contribution in [0.4, 0.5) is 13.2 Å². The Hall–Kier alpha value is -2.94. The number of alkyl halides is 3. The highest BCUT2D eigenvalue weighted by molar-refractivity contribution is 6.35. The summed E-state index contributed by atoms with van der Waals surface area (Å²) in [6.07, 6.45) is -4.89. The maximum Gasteiger partial charge on any atom is 0.416 e. The number of carboxylic acids is 1. The summed E-state index contributed by atoms with van der Waals surface area (Å²) in [4.78, 5) is 11.6. The normalized spacial score (nSPS) is 12.3. The summed E-state index contributed by atoms with van der Waals surface area (Å²) in [6.45, 7) is 0.492. The third kappa shape index (κ3) is 8.06. The highest BCUT2D eigenvalue weighted by atomic mass is 35.5. The lowest BCUT2D eigenvalue weighted by molar-refractivity contribution is -0.145. The quantitative estimate of drug-likeness (QED) is 0.259. The summed E-state index contributed by atoms with van der Waals surface area (Å²) in [5.74, 6) is -0.228. The van der Waals surface area contributed by atoms with Gasteiger partial charge < -0.3 is 19.3 Å². The van der Waals surface area contributed by atoms with Crippen molar-refractivity contribution in [2.24, 2.45) is 0 Å². The first-order chi connectivity index (χ1) is 16.6. The molecule has 0 saturated heterocycles. The molecule has 0 radical (unpaired) electrons. The number of hydrogen-bond donors (Lipinski definition) is 1. The molecule has 0 bridgehead atoms. The van der Waals surface area contributed by atoms with Gasteiger partial charge in [0, 0.05) is 22.2 Å². The minimum Gasteiger partial charge on any atom is -0.479 e. The lowest BCUT2D eigenvalue weighted by atomic mass is 10.2. The SMILES string of the molecule is O=C(O)C(CCCOCc1c(Cl)cccc1Cl)Oc1ccc(Oc2ccc(C(F)(F)F)cc2)cc1. The first-order valence-electron chi connectivity index (χ1n) is 10.5. The minimum absolute atomic E-state index is 0.204. The molecule has 1 unspecified atom stereocenters. The van der Waals surface area contributed by atoms with Crippen molar-refractivity contribution in [3.8, 4) is 17.2 Å². The van der Waals surface area contributed by atoms with Gasteiger partial charge in [-0.25, -0.2) is 4.79 Å². The fourth-order valence-corrected chi connectivity index (χ4v) is 3.55. The van der Waals surface area contributed by atoms with Crippen molar-refractivity contribution in [1.82, 2.24) is 0 Å². The number of carboxylic acid groups (broad SMARTS) is 1. The maximum absolute atomic E-state index is 12.7. The van der Waals surface area contributed by atoms with Gasteiger partial charge >= 0.3 is 12.1 Å². The first kappa shape index (κ1) is 26.7. The molecule has 1 N–H and O–H groups in total. The van der Waals surface area contributed by atoms with E-state index in [0.29, 0.717) is 33.5 Å². The molecule has 0 aliphatic heterocycles. The third-order valence-electron chi connectivity index (χ3n) is 4.86. The van der Waals surface area contributed by atoms with Crippen LogP contribution in [0.15, 0.2) is 66.7 Å². The lowest BCUT2D eigenvalue weighted by Gasteiger charge is -2.16. The molecule has 0 fully saturated rings. The van der Waals surface area contributed by atoms with E-state index in [0.717, 1.165) is 12.1 Å². The molecule has 5 nitrogen and oxygen atoms in total. The van der Waals surface area contributed by atoms with Gasteiger partial charge in [0.15, 0.2) is 6.10 Å². The fourth-order valence-electron chi connectivity index (χ4n) is 3.05. The predicted octanol–water partition coefficient (Wildman–Crippen LogP) is 7.63. The van der Waals surface area contributed by atoms with Gasteiger partial charge in [-0.2, -0.15) is 13.2 Å². The molecule has 3 aromatic rings. The zero-order valence-electron chi connectivity index (χ0n) is 18.2. The molecule has 0 aliphatic rings. The second-order valence-electron chi connectivity index (χ2n) is 7.44. The van der Waals surface area contributed by atoms with Gasteiger partial charge in [0.2, 0.25) is 0 Å². The average Bonchev–Trinajstić information content (AvgIpc) is 2.80. The Morgan fingerprint density at radius 3 is 1.97 bits per heavy atom. The van der Waals surface area contributed by atoms with Crippen LogP contribution in [0.5, 0.6) is 17.2 Å². The molecule has 10 heteroatoms. The Labute approximate surface area is 209 Å². The number of carbonyl (C=O) groups is 1. The largest absolute Gasteiger partial charge is 0.479 e. The second-order valence-corrected chi connectivity index (χ2v) is 8.25. The van der Waals surface area contributed by atoms with E-state index in [1.54, 1.807) is 18.2 Å². The van der Waals surface area contributed by atoms with Crippen molar-refractivity contribution in [2.45, 2.75) is 31.7 Å². The average molecular weight is 529 g/mol. The molecule has 3 rings (SSSR count). The van der Waals surface area contributed by atoms with Crippen molar-refractivity contribution >= 4 is 29.2 Å².